The average molecular weight is 498 g/mol. The lowest BCUT2D eigenvalue weighted by molar-refractivity contribution is 0.998. The second kappa shape index (κ2) is 8.22. The Morgan fingerprint density at radius 2 is 1.85 bits per heavy atom. The van der Waals surface area contributed by atoms with Crippen LogP contribution in [0.4, 0.5) is 17.5 Å². The first-order chi connectivity index (χ1) is 16.2. The number of para-hydroxylation sites is 1. The minimum Gasteiger partial charge on any atom is -0.361 e. The highest BCUT2D eigenvalue weighted by Gasteiger charge is 2.10. The molecule has 6 aromatic rings. The van der Waals surface area contributed by atoms with Crippen LogP contribution in [-0.2, 0) is 6.42 Å². The van der Waals surface area contributed by atoms with Crippen LogP contribution in [0.2, 0.25) is 0 Å². The van der Waals surface area contributed by atoms with Crippen LogP contribution in [0.5, 0.6) is 0 Å². The van der Waals surface area contributed by atoms with E-state index in [4.69, 9.17) is 9.97 Å². The summed E-state index contributed by atoms with van der Waals surface area (Å²) in [7, 11) is 0. The molecule has 0 saturated heterocycles. The molecule has 0 bridgehead atoms. The van der Waals surface area contributed by atoms with Gasteiger partial charge in [0.1, 0.15) is 5.82 Å². The van der Waals surface area contributed by atoms with Gasteiger partial charge >= 0.3 is 0 Å². The third-order valence-corrected chi connectivity index (χ3v) is 6.21. The van der Waals surface area contributed by atoms with E-state index in [2.05, 4.69) is 72.2 Å². The summed E-state index contributed by atoms with van der Waals surface area (Å²) in [4.78, 5) is 12.9. The van der Waals surface area contributed by atoms with Gasteiger partial charge in [-0.05, 0) is 54.4 Å². The molecule has 33 heavy (non-hydrogen) atoms. The molecule has 0 unspecified atom stereocenters. The molecule has 6 rings (SSSR count). The highest BCUT2D eigenvalue weighted by molar-refractivity contribution is 9.10. The number of benzene rings is 3. The second-order valence-electron chi connectivity index (χ2n) is 7.89. The second-order valence-corrected chi connectivity index (χ2v) is 8.81. The molecule has 4 N–H and O–H groups in total. The van der Waals surface area contributed by atoms with Gasteiger partial charge in [-0.1, -0.05) is 34.1 Å². The Morgan fingerprint density at radius 1 is 0.909 bits per heavy atom. The first-order valence-corrected chi connectivity index (χ1v) is 11.5. The number of fused-ring (bicyclic) bond motifs is 3. The van der Waals surface area contributed by atoms with E-state index in [1.807, 2.05) is 42.6 Å². The lowest BCUT2D eigenvalue weighted by Gasteiger charge is -2.12. The Kier molecular flexibility index (Phi) is 4.92. The molecule has 3 heterocycles. The number of H-pyrrole nitrogens is 2. The molecular weight excluding hydrogens is 478 g/mol. The van der Waals surface area contributed by atoms with Gasteiger partial charge in [-0.25, -0.2) is 4.98 Å². The van der Waals surface area contributed by atoms with E-state index in [0.29, 0.717) is 5.95 Å². The van der Waals surface area contributed by atoms with Gasteiger partial charge in [0.05, 0.1) is 17.2 Å². The lowest BCUT2D eigenvalue weighted by Crippen LogP contribution is -2.09. The number of nitrogens with zero attached hydrogens (tertiary/aromatic N) is 3. The zero-order chi connectivity index (χ0) is 22.2. The topological polar surface area (TPSA) is 94.3 Å². The number of hydrogen-bond acceptors (Lipinski definition) is 5. The fourth-order valence-electron chi connectivity index (χ4n) is 4.08. The molecule has 0 saturated carbocycles. The van der Waals surface area contributed by atoms with Crippen LogP contribution in [0.3, 0.4) is 0 Å². The highest BCUT2D eigenvalue weighted by Crippen LogP contribution is 2.29. The predicted octanol–water partition coefficient (Wildman–Crippen LogP) is 6.15. The van der Waals surface area contributed by atoms with Gasteiger partial charge < -0.3 is 15.6 Å². The monoisotopic (exact) mass is 497 g/mol. The van der Waals surface area contributed by atoms with Crippen LogP contribution < -0.4 is 10.6 Å². The molecule has 3 aromatic carbocycles. The molecule has 0 amide bonds. The van der Waals surface area contributed by atoms with Crippen molar-refractivity contribution < 1.29 is 0 Å². The summed E-state index contributed by atoms with van der Waals surface area (Å²) in [5, 5.41) is 17.2. The van der Waals surface area contributed by atoms with Crippen molar-refractivity contribution >= 4 is 66.1 Å². The Bertz CT molecular complexity index is 1600. The number of aromatic amines is 2. The number of nitrogens with one attached hydrogen (secondary N) is 4. The first kappa shape index (κ1) is 19.8. The molecule has 8 heteroatoms. The molecule has 7 nitrogen and oxygen atoms in total. The number of rotatable bonds is 6. The van der Waals surface area contributed by atoms with Crippen molar-refractivity contribution in [1.29, 1.82) is 0 Å². The van der Waals surface area contributed by atoms with Crippen molar-refractivity contribution in [2.45, 2.75) is 6.42 Å². The van der Waals surface area contributed by atoms with E-state index in [0.717, 1.165) is 56.3 Å². The largest absolute Gasteiger partial charge is 0.361 e. The Balaban J connectivity index is 1.28. The SMILES string of the molecule is Brc1ccc2nc(NCCc3c[nH]c4ccccc34)nc(Nc3ccc4[nH]ncc4c3)c2c1. The summed E-state index contributed by atoms with van der Waals surface area (Å²) in [6, 6.07) is 20.4. The summed E-state index contributed by atoms with van der Waals surface area (Å²) in [6.07, 6.45) is 4.75. The number of anilines is 3. The van der Waals surface area contributed by atoms with Crippen molar-refractivity contribution in [3.05, 3.63) is 83.1 Å². The van der Waals surface area contributed by atoms with Gasteiger partial charge in [-0.2, -0.15) is 10.1 Å². The Labute approximate surface area is 197 Å². The fraction of sp³-hybridized carbons (Fsp3) is 0.0800. The van der Waals surface area contributed by atoms with E-state index in [1.165, 1.54) is 10.9 Å². The van der Waals surface area contributed by atoms with E-state index in [1.54, 1.807) is 0 Å². The summed E-state index contributed by atoms with van der Waals surface area (Å²) < 4.78 is 0.979. The third kappa shape index (κ3) is 3.89. The first-order valence-electron chi connectivity index (χ1n) is 10.7. The molecule has 0 aliphatic carbocycles. The molecule has 3 aromatic heterocycles. The summed E-state index contributed by atoms with van der Waals surface area (Å²) in [5.74, 6) is 1.34. The maximum Gasteiger partial charge on any atom is 0.225 e. The molecular formula is C25H20BrN7. The Hall–Kier alpha value is -3.91. The van der Waals surface area contributed by atoms with Crippen molar-refractivity contribution in [2.75, 3.05) is 17.2 Å². The van der Waals surface area contributed by atoms with Crippen molar-refractivity contribution in [1.82, 2.24) is 25.1 Å². The van der Waals surface area contributed by atoms with Gasteiger partial charge in [-0.3, -0.25) is 5.10 Å². The Morgan fingerprint density at radius 3 is 2.82 bits per heavy atom. The van der Waals surface area contributed by atoms with Gasteiger partial charge in [0.2, 0.25) is 5.95 Å². The van der Waals surface area contributed by atoms with Gasteiger partial charge in [0, 0.05) is 44.6 Å². The van der Waals surface area contributed by atoms with Gasteiger partial charge in [0.15, 0.2) is 0 Å². The third-order valence-electron chi connectivity index (χ3n) is 5.71. The maximum atomic E-state index is 4.80. The van der Waals surface area contributed by atoms with Crippen molar-refractivity contribution in [3.8, 4) is 0 Å². The smallest absolute Gasteiger partial charge is 0.225 e. The molecule has 0 fully saturated rings. The van der Waals surface area contributed by atoms with Crippen LogP contribution in [0.1, 0.15) is 5.56 Å². The molecule has 0 aliphatic rings. The molecule has 0 radical (unpaired) electrons. The summed E-state index contributed by atoms with van der Waals surface area (Å²) >= 11 is 3.57. The normalized spacial score (nSPS) is 11.4. The van der Waals surface area contributed by atoms with Crippen LogP contribution >= 0.6 is 15.9 Å². The van der Waals surface area contributed by atoms with Crippen molar-refractivity contribution in [2.24, 2.45) is 0 Å². The summed E-state index contributed by atoms with van der Waals surface area (Å²) in [5.41, 5.74) is 5.23. The average Bonchev–Trinajstić information content (AvgIpc) is 3.46. The minimum absolute atomic E-state index is 0.594. The molecule has 0 aliphatic heterocycles. The molecule has 162 valence electrons. The van der Waals surface area contributed by atoms with E-state index in [9.17, 15) is 0 Å². The zero-order valence-corrected chi connectivity index (χ0v) is 19.1. The maximum absolute atomic E-state index is 4.80. The van der Waals surface area contributed by atoms with E-state index in [-0.39, 0.29) is 0 Å². The van der Waals surface area contributed by atoms with Gasteiger partial charge in [0.25, 0.3) is 0 Å². The van der Waals surface area contributed by atoms with Crippen LogP contribution in [-0.4, -0.2) is 31.7 Å². The standard InChI is InChI=1S/C25H20BrN7/c26-17-5-7-23-20(12-17)24(30-18-6-8-21-16(11-18)14-29-33-21)32-25(31-23)27-10-9-15-13-28-22-4-2-1-3-19(15)22/h1-8,11-14,28H,9-10H2,(H,29,33)(H2,27,30,31,32). The van der Waals surface area contributed by atoms with Crippen molar-refractivity contribution in [3.63, 3.8) is 0 Å². The van der Waals surface area contributed by atoms with Crippen LogP contribution in [0, 0.1) is 0 Å². The fourth-order valence-corrected chi connectivity index (χ4v) is 4.44. The predicted molar refractivity (Wildman–Crippen MR) is 137 cm³/mol. The number of halogens is 1. The highest BCUT2D eigenvalue weighted by atomic mass is 79.9. The quantitative estimate of drug-likeness (QED) is 0.221. The summed E-state index contributed by atoms with van der Waals surface area (Å²) in [6.45, 7) is 0.726. The van der Waals surface area contributed by atoms with Gasteiger partial charge in [-0.15, -0.1) is 0 Å². The van der Waals surface area contributed by atoms with E-state index < -0.39 is 0 Å². The van der Waals surface area contributed by atoms with E-state index >= 15 is 0 Å². The number of hydrogen-bond donors (Lipinski definition) is 4. The molecule has 0 atom stereocenters. The number of aromatic nitrogens is 5. The lowest BCUT2D eigenvalue weighted by atomic mass is 10.1. The molecule has 0 spiro atoms. The minimum atomic E-state index is 0.594. The van der Waals surface area contributed by atoms with Crippen LogP contribution in [0.25, 0.3) is 32.7 Å². The van der Waals surface area contributed by atoms with Crippen LogP contribution in [0.15, 0.2) is 77.5 Å². The zero-order valence-electron chi connectivity index (χ0n) is 17.6.